The van der Waals surface area contributed by atoms with Crippen LogP contribution in [0.3, 0.4) is 0 Å². The summed E-state index contributed by atoms with van der Waals surface area (Å²) < 4.78 is 33.9. The lowest BCUT2D eigenvalue weighted by molar-refractivity contribution is -0.114. The first kappa shape index (κ1) is 21.5. The van der Waals surface area contributed by atoms with Crippen molar-refractivity contribution in [1.29, 1.82) is 0 Å². The van der Waals surface area contributed by atoms with Crippen LogP contribution in [0.25, 0.3) is 0 Å². The summed E-state index contributed by atoms with van der Waals surface area (Å²) in [6.45, 7) is 5.91. The van der Waals surface area contributed by atoms with Gasteiger partial charge in [0.2, 0.25) is 15.9 Å². The van der Waals surface area contributed by atoms with E-state index in [4.69, 9.17) is 4.74 Å². The summed E-state index contributed by atoms with van der Waals surface area (Å²) in [6, 6.07) is 9.92. The Kier molecular flexibility index (Phi) is 5.39. The third-order valence-electron chi connectivity index (χ3n) is 6.15. The lowest BCUT2D eigenvalue weighted by Gasteiger charge is -2.43. The fourth-order valence-electron chi connectivity index (χ4n) is 4.22. The van der Waals surface area contributed by atoms with Gasteiger partial charge >= 0.3 is 0 Å². The molecule has 4 rings (SSSR count). The molecule has 0 unspecified atom stereocenters. The van der Waals surface area contributed by atoms with E-state index in [9.17, 15) is 18.0 Å². The number of aryl methyl sites for hydroxylation is 2. The molecule has 2 aliphatic rings. The molecule has 0 aromatic heterocycles. The topological polar surface area (TPSA) is 92.8 Å². The molecule has 1 fully saturated rings. The van der Waals surface area contributed by atoms with Crippen molar-refractivity contribution in [3.05, 3.63) is 53.1 Å². The Morgan fingerprint density at radius 3 is 2.29 bits per heavy atom. The van der Waals surface area contributed by atoms with Gasteiger partial charge in [0.1, 0.15) is 11.4 Å². The Hall–Kier alpha value is -2.71. The molecule has 1 saturated heterocycles. The molecule has 1 N–H and O–H groups in total. The number of nitrogens with zero attached hydrogens (tertiary/aromatic N) is 1. The summed E-state index contributed by atoms with van der Waals surface area (Å²) in [5.74, 6) is 0.435. The highest BCUT2D eigenvalue weighted by Crippen LogP contribution is 2.41. The van der Waals surface area contributed by atoms with Crippen LogP contribution < -0.4 is 10.1 Å². The Balaban J connectivity index is 1.49. The smallest absolute Gasteiger partial charge is 0.243 e. The van der Waals surface area contributed by atoms with Crippen molar-refractivity contribution in [1.82, 2.24) is 4.31 Å². The first-order valence-electron chi connectivity index (χ1n) is 10.3. The molecular weight excluding hydrogens is 416 g/mol. The minimum Gasteiger partial charge on any atom is -0.486 e. The number of Topliss-reactive ketones (excluding diaryl/α,β-unsaturated/α-hetero) is 1. The van der Waals surface area contributed by atoms with Gasteiger partial charge in [0, 0.05) is 38.5 Å². The fourth-order valence-corrected chi connectivity index (χ4v) is 5.67. The number of ketones is 1. The summed E-state index contributed by atoms with van der Waals surface area (Å²) in [5.41, 5.74) is 2.61. The number of anilines is 1. The van der Waals surface area contributed by atoms with E-state index in [1.807, 2.05) is 26.0 Å². The third kappa shape index (κ3) is 4.09. The highest BCUT2D eigenvalue weighted by Gasteiger charge is 2.45. The molecule has 0 aliphatic carbocycles. The van der Waals surface area contributed by atoms with Crippen LogP contribution in [0.5, 0.6) is 5.75 Å². The highest BCUT2D eigenvalue weighted by molar-refractivity contribution is 7.89. The molecule has 2 aromatic rings. The van der Waals surface area contributed by atoms with E-state index in [0.29, 0.717) is 29.8 Å². The molecule has 0 atom stereocenters. The maximum atomic E-state index is 13.1. The van der Waals surface area contributed by atoms with Crippen LogP contribution in [0.4, 0.5) is 5.69 Å². The van der Waals surface area contributed by atoms with Crippen LogP contribution in [-0.2, 0) is 14.8 Å². The summed E-state index contributed by atoms with van der Waals surface area (Å²) in [5, 5.41) is 2.63. The van der Waals surface area contributed by atoms with Crippen molar-refractivity contribution >= 4 is 27.4 Å². The number of rotatable bonds is 3. The molecule has 0 radical (unpaired) electrons. The van der Waals surface area contributed by atoms with Gasteiger partial charge in [-0.2, -0.15) is 4.31 Å². The number of piperidine rings is 1. The number of nitrogens with one attached hydrogen (secondary N) is 1. The molecule has 164 valence electrons. The second-order valence-corrected chi connectivity index (χ2v) is 10.4. The molecule has 7 nitrogen and oxygen atoms in total. The number of ether oxygens (including phenoxy) is 1. The second kappa shape index (κ2) is 7.76. The van der Waals surface area contributed by atoms with E-state index in [2.05, 4.69) is 5.32 Å². The average molecular weight is 443 g/mol. The van der Waals surface area contributed by atoms with Gasteiger partial charge in [-0.1, -0.05) is 0 Å². The number of carbonyl (C=O) groups excluding carboxylic acids is 2. The minimum atomic E-state index is -3.67. The first-order valence-corrected chi connectivity index (χ1v) is 11.7. The van der Waals surface area contributed by atoms with Crippen LogP contribution >= 0.6 is 0 Å². The van der Waals surface area contributed by atoms with Gasteiger partial charge in [-0.15, -0.1) is 0 Å². The predicted octanol–water partition coefficient (Wildman–Crippen LogP) is 3.45. The summed E-state index contributed by atoms with van der Waals surface area (Å²) in [7, 11) is -3.67. The molecule has 0 bridgehead atoms. The van der Waals surface area contributed by atoms with Crippen molar-refractivity contribution in [2.45, 2.75) is 50.5 Å². The Morgan fingerprint density at radius 2 is 1.68 bits per heavy atom. The quantitative estimate of drug-likeness (QED) is 0.786. The van der Waals surface area contributed by atoms with Gasteiger partial charge in [0.05, 0.1) is 16.9 Å². The number of carbonyl (C=O) groups is 2. The van der Waals surface area contributed by atoms with Gasteiger partial charge in [-0.05, 0) is 61.4 Å². The zero-order chi connectivity index (χ0) is 22.4. The lowest BCUT2D eigenvalue weighted by atomic mass is 9.82. The van der Waals surface area contributed by atoms with Crippen molar-refractivity contribution in [3.8, 4) is 5.75 Å². The normalized spacial score (nSPS) is 18.4. The molecule has 31 heavy (non-hydrogen) atoms. The lowest BCUT2D eigenvalue weighted by Crippen LogP contribution is -2.52. The van der Waals surface area contributed by atoms with E-state index < -0.39 is 15.6 Å². The SMILES string of the molecule is CC(=O)Nc1ccc(S(=O)(=O)N2CCC3(CC2)CC(=O)c2cc(C)c(C)cc2O3)cc1. The number of amides is 1. The molecule has 2 aliphatic heterocycles. The Bertz CT molecular complexity index is 1150. The monoisotopic (exact) mass is 442 g/mol. The van der Waals surface area contributed by atoms with Crippen molar-refractivity contribution in [3.63, 3.8) is 0 Å². The maximum Gasteiger partial charge on any atom is 0.243 e. The van der Waals surface area contributed by atoms with Crippen molar-refractivity contribution in [2.24, 2.45) is 0 Å². The van der Waals surface area contributed by atoms with Gasteiger partial charge in [0.15, 0.2) is 5.78 Å². The van der Waals surface area contributed by atoms with E-state index in [1.165, 1.54) is 23.4 Å². The zero-order valence-electron chi connectivity index (χ0n) is 17.9. The van der Waals surface area contributed by atoms with Crippen LogP contribution in [-0.4, -0.2) is 43.1 Å². The Labute approximate surface area is 182 Å². The number of fused-ring (bicyclic) bond motifs is 1. The zero-order valence-corrected chi connectivity index (χ0v) is 18.7. The number of hydrogen-bond donors (Lipinski definition) is 1. The van der Waals surface area contributed by atoms with E-state index in [1.54, 1.807) is 12.1 Å². The van der Waals surface area contributed by atoms with E-state index in [0.717, 1.165) is 11.1 Å². The standard InChI is InChI=1S/C23H26N2O5S/c1-15-12-20-21(27)14-23(30-22(20)13-16(15)2)8-10-25(11-9-23)31(28,29)19-6-4-18(5-7-19)24-17(3)26/h4-7,12-13H,8-11,14H2,1-3H3,(H,24,26). The molecule has 2 aromatic carbocycles. The average Bonchev–Trinajstić information content (AvgIpc) is 2.70. The molecule has 0 saturated carbocycles. The number of benzene rings is 2. The van der Waals surface area contributed by atoms with Crippen LogP contribution in [0, 0.1) is 13.8 Å². The largest absolute Gasteiger partial charge is 0.486 e. The summed E-state index contributed by atoms with van der Waals surface area (Å²) in [4.78, 5) is 24.1. The van der Waals surface area contributed by atoms with Crippen LogP contribution in [0.1, 0.15) is 47.7 Å². The highest BCUT2D eigenvalue weighted by atomic mass is 32.2. The first-order chi connectivity index (χ1) is 14.6. The summed E-state index contributed by atoms with van der Waals surface area (Å²) in [6.07, 6.45) is 1.17. The molecular formula is C23H26N2O5S. The van der Waals surface area contributed by atoms with Crippen molar-refractivity contribution in [2.75, 3.05) is 18.4 Å². The summed E-state index contributed by atoms with van der Waals surface area (Å²) >= 11 is 0. The molecule has 1 spiro atoms. The third-order valence-corrected chi connectivity index (χ3v) is 8.06. The van der Waals surface area contributed by atoms with Crippen LogP contribution in [0.2, 0.25) is 0 Å². The Morgan fingerprint density at radius 1 is 1.06 bits per heavy atom. The molecule has 1 amide bonds. The molecule has 2 heterocycles. The van der Waals surface area contributed by atoms with Gasteiger partial charge < -0.3 is 10.1 Å². The molecule has 8 heteroatoms. The second-order valence-electron chi connectivity index (χ2n) is 8.43. The van der Waals surface area contributed by atoms with E-state index >= 15 is 0 Å². The van der Waals surface area contributed by atoms with Crippen molar-refractivity contribution < 1.29 is 22.7 Å². The number of sulfonamides is 1. The number of hydrogen-bond acceptors (Lipinski definition) is 5. The van der Waals surface area contributed by atoms with Gasteiger partial charge in [-0.3, -0.25) is 9.59 Å². The predicted molar refractivity (Wildman–Crippen MR) is 117 cm³/mol. The van der Waals surface area contributed by atoms with Gasteiger partial charge in [-0.25, -0.2) is 8.42 Å². The van der Waals surface area contributed by atoms with Crippen LogP contribution in [0.15, 0.2) is 41.3 Å². The maximum absolute atomic E-state index is 13.1. The fraction of sp³-hybridized carbons (Fsp3) is 0.391. The minimum absolute atomic E-state index is 0.0502. The van der Waals surface area contributed by atoms with Gasteiger partial charge in [0.25, 0.3) is 0 Å². The van der Waals surface area contributed by atoms with E-state index in [-0.39, 0.29) is 36.1 Å².